The Hall–Kier alpha value is -4.86. The maximum atomic E-state index is 13.7. The highest BCUT2D eigenvalue weighted by molar-refractivity contribution is 7.14. The number of aliphatic hydroxyl groups excluding tert-OH is 1. The number of fused-ring (bicyclic) bond motifs is 2. The van der Waals surface area contributed by atoms with Crippen LogP contribution >= 0.6 is 11.3 Å². The Morgan fingerprint density at radius 2 is 1.82 bits per heavy atom. The van der Waals surface area contributed by atoms with E-state index >= 15 is 0 Å². The summed E-state index contributed by atoms with van der Waals surface area (Å²) in [6, 6.07) is 26.9. The van der Waals surface area contributed by atoms with Crippen LogP contribution in [0.25, 0.3) is 55.0 Å². The Balaban J connectivity index is 1.21. The number of halogens is 1. The van der Waals surface area contributed by atoms with Gasteiger partial charge in [0.2, 0.25) is 0 Å². The molecule has 1 unspecified atom stereocenters. The molecule has 9 heteroatoms. The fraction of sp³-hybridized carbons (Fsp3) is 0.0645. The molecule has 0 aliphatic heterocycles. The van der Waals surface area contributed by atoms with Crippen LogP contribution in [0, 0.1) is 5.13 Å². The molecule has 0 radical (unpaired) electrons. The Morgan fingerprint density at radius 1 is 0.925 bits per heavy atom. The zero-order valence-electron chi connectivity index (χ0n) is 21.1. The van der Waals surface area contributed by atoms with Crippen LogP contribution in [0.15, 0.2) is 97.3 Å². The number of aliphatic hydroxyl groups is 1. The van der Waals surface area contributed by atoms with Gasteiger partial charge >= 0.3 is 0 Å². The number of benzene rings is 2. The molecule has 5 heterocycles. The van der Waals surface area contributed by atoms with Gasteiger partial charge in [0.05, 0.1) is 28.8 Å². The van der Waals surface area contributed by atoms with Crippen molar-refractivity contribution in [2.75, 3.05) is 5.32 Å². The van der Waals surface area contributed by atoms with Crippen molar-refractivity contribution in [3.05, 3.63) is 108 Å². The van der Waals surface area contributed by atoms with E-state index in [2.05, 4.69) is 25.5 Å². The second-order valence-corrected chi connectivity index (χ2v) is 10.6. The van der Waals surface area contributed by atoms with Gasteiger partial charge in [-0.05, 0) is 48.0 Å². The molecule has 0 amide bonds. The first-order valence-electron chi connectivity index (χ1n) is 12.8. The van der Waals surface area contributed by atoms with Crippen molar-refractivity contribution in [1.82, 2.24) is 25.1 Å². The van der Waals surface area contributed by atoms with Crippen molar-refractivity contribution >= 4 is 39.0 Å². The van der Waals surface area contributed by atoms with Crippen molar-refractivity contribution < 1.29 is 9.50 Å². The van der Waals surface area contributed by atoms with Gasteiger partial charge in [0.15, 0.2) is 5.13 Å². The van der Waals surface area contributed by atoms with E-state index in [0.29, 0.717) is 17.8 Å². The summed E-state index contributed by atoms with van der Waals surface area (Å²) >= 11 is 1.13. The zero-order chi connectivity index (χ0) is 27.1. The van der Waals surface area contributed by atoms with Crippen molar-refractivity contribution in [2.24, 2.45) is 0 Å². The summed E-state index contributed by atoms with van der Waals surface area (Å²) in [6.07, 6.45) is 3.15. The molecule has 5 aromatic heterocycles. The zero-order valence-corrected chi connectivity index (χ0v) is 21.9. The Morgan fingerprint density at radius 3 is 2.67 bits per heavy atom. The molecule has 0 spiro atoms. The maximum Gasteiger partial charge on any atom is 0.176 e. The monoisotopic (exact) mass is 546 g/mol. The summed E-state index contributed by atoms with van der Waals surface area (Å²) in [5, 5.41) is 22.1. The molecular formula is C31H23FN6OS. The normalized spacial score (nSPS) is 12.2. The first kappa shape index (κ1) is 24.2. The van der Waals surface area contributed by atoms with E-state index in [1.54, 1.807) is 18.5 Å². The number of aromatic nitrogens is 5. The second-order valence-electron chi connectivity index (χ2n) is 9.53. The number of thiophene rings is 1. The molecule has 0 aliphatic rings. The molecule has 2 aromatic carbocycles. The van der Waals surface area contributed by atoms with Crippen LogP contribution in [0.3, 0.4) is 0 Å². The lowest BCUT2D eigenvalue weighted by Gasteiger charge is -2.14. The van der Waals surface area contributed by atoms with Crippen LogP contribution in [0.2, 0.25) is 0 Å². The predicted octanol–water partition coefficient (Wildman–Crippen LogP) is 7.01. The van der Waals surface area contributed by atoms with E-state index in [0.717, 1.165) is 66.2 Å². The lowest BCUT2D eigenvalue weighted by atomic mass is 10.1. The van der Waals surface area contributed by atoms with Gasteiger partial charge in [-0.3, -0.25) is 10.1 Å². The first-order chi connectivity index (χ1) is 19.6. The number of hydrogen-bond acceptors (Lipinski definition) is 6. The van der Waals surface area contributed by atoms with E-state index < -0.39 is 6.23 Å². The van der Waals surface area contributed by atoms with E-state index in [1.165, 1.54) is 6.07 Å². The van der Waals surface area contributed by atoms with Crippen molar-refractivity contribution in [3.8, 4) is 33.1 Å². The number of pyridine rings is 2. The molecule has 7 aromatic rings. The van der Waals surface area contributed by atoms with Gasteiger partial charge in [-0.1, -0.05) is 42.5 Å². The number of nitrogens with zero attached hydrogens (tertiary/aromatic N) is 3. The minimum atomic E-state index is -0.757. The number of nitrogens with one attached hydrogen (secondary N) is 3. The van der Waals surface area contributed by atoms with E-state index in [4.69, 9.17) is 4.98 Å². The Bertz CT molecular complexity index is 1960. The number of anilines is 1. The molecule has 0 fully saturated rings. The average molecular weight is 547 g/mol. The van der Waals surface area contributed by atoms with Gasteiger partial charge in [-0.25, -0.2) is 4.98 Å². The number of H-pyrrole nitrogens is 2. The predicted molar refractivity (Wildman–Crippen MR) is 157 cm³/mol. The average Bonchev–Trinajstić information content (AvgIpc) is 3.71. The SMILES string of the molecule is OC(Cc1ccccc1)Nc1cncc(-c2ccc3[nH]nc(-c4cc5c(-c6ccc(F)s6)cccc5[nH]4)c3n2)c1. The highest BCUT2D eigenvalue weighted by atomic mass is 32.1. The molecule has 7 nitrogen and oxygen atoms in total. The second kappa shape index (κ2) is 10.0. The fourth-order valence-corrected chi connectivity index (χ4v) is 5.71. The third kappa shape index (κ3) is 4.61. The summed E-state index contributed by atoms with van der Waals surface area (Å²) in [4.78, 5) is 13.6. The quantitative estimate of drug-likeness (QED) is 0.161. The molecule has 4 N–H and O–H groups in total. The maximum absolute atomic E-state index is 13.7. The van der Waals surface area contributed by atoms with Crippen LogP contribution in [0.4, 0.5) is 10.1 Å². The highest BCUT2D eigenvalue weighted by Crippen LogP contribution is 2.36. The standard InChI is InChI=1S/C31H23FN6OS/c32-28-12-11-27(40-28)21-7-4-8-24-22(21)15-26(35-24)31-30-25(37-38-31)10-9-23(36-30)19-14-20(17-33-16-19)34-29(39)13-18-5-2-1-3-6-18/h1-12,14-17,29,34-35,39H,13H2,(H,37,38). The van der Waals surface area contributed by atoms with Crippen LogP contribution in [-0.4, -0.2) is 36.5 Å². The smallest absolute Gasteiger partial charge is 0.176 e. The molecule has 1 atom stereocenters. The fourth-order valence-electron chi connectivity index (χ4n) is 4.94. The van der Waals surface area contributed by atoms with Crippen molar-refractivity contribution in [3.63, 3.8) is 0 Å². The summed E-state index contributed by atoms with van der Waals surface area (Å²) < 4.78 is 13.7. The van der Waals surface area contributed by atoms with E-state index in [1.807, 2.05) is 72.8 Å². The van der Waals surface area contributed by atoms with Gasteiger partial charge < -0.3 is 15.4 Å². The highest BCUT2D eigenvalue weighted by Gasteiger charge is 2.16. The van der Waals surface area contributed by atoms with Crippen LogP contribution in [0.1, 0.15) is 5.56 Å². The topological polar surface area (TPSA) is 103 Å². The molecule has 40 heavy (non-hydrogen) atoms. The molecule has 0 saturated heterocycles. The number of aromatic amines is 2. The van der Waals surface area contributed by atoms with Crippen LogP contribution in [0.5, 0.6) is 0 Å². The largest absolute Gasteiger partial charge is 0.373 e. The summed E-state index contributed by atoms with van der Waals surface area (Å²) in [5.41, 5.74) is 8.21. The third-order valence-corrected chi connectivity index (χ3v) is 7.71. The lowest BCUT2D eigenvalue weighted by Crippen LogP contribution is -2.21. The van der Waals surface area contributed by atoms with Gasteiger partial charge in [-0.2, -0.15) is 9.49 Å². The Labute approximate surface area is 232 Å². The first-order valence-corrected chi connectivity index (χ1v) is 13.6. The molecule has 7 rings (SSSR count). The summed E-state index contributed by atoms with van der Waals surface area (Å²) in [6.45, 7) is 0. The van der Waals surface area contributed by atoms with Crippen LogP contribution in [-0.2, 0) is 6.42 Å². The third-order valence-electron chi connectivity index (χ3n) is 6.80. The number of hydrogen-bond donors (Lipinski definition) is 4. The minimum absolute atomic E-state index is 0.211. The molecule has 196 valence electrons. The Kier molecular flexibility index (Phi) is 6.07. The molecule has 0 saturated carbocycles. The van der Waals surface area contributed by atoms with Gasteiger partial charge in [0, 0.05) is 39.5 Å². The molecule has 0 bridgehead atoms. The van der Waals surface area contributed by atoms with Gasteiger partial charge in [0.25, 0.3) is 0 Å². The molecule has 0 aliphatic carbocycles. The van der Waals surface area contributed by atoms with Crippen LogP contribution < -0.4 is 5.32 Å². The van der Waals surface area contributed by atoms with E-state index in [9.17, 15) is 9.50 Å². The van der Waals surface area contributed by atoms with Crippen molar-refractivity contribution in [1.29, 1.82) is 0 Å². The lowest BCUT2D eigenvalue weighted by molar-refractivity contribution is 0.204. The summed E-state index contributed by atoms with van der Waals surface area (Å²) in [5.74, 6) is 0. The minimum Gasteiger partial charge on any atom is -0.373 e. The van der Waals surface area contributed by atoms with Crippen molar-refractivity contribution in [2.45, 2.75) is 12.6 Å². The van der Waals surface area contributed by atoms with Gasteiger partial charge in [0.1, 0.15) is 17.4 Å². The summed E-state index contributed by atoms with van der Waals surface area (Å²) in [7, 11) is 0. The van der Waals surface area contributed by atoms with Gasteiger partial charge in [-0.15, -0.1) is 11.3 Å². The van der Waals surface area contributed by atoms with E-state index in [-0.39, 0.29) is 5.13 Å². The number of rotatable bonds is 7. The molecular weight excluding hydrogens is 523 g/mol.